The van der Waals surface area contributed by atoms with Crippen LogP contribution in [0.15, 0.2) is 36.9 Å². The van der Waals surface area contributed by atoms with E-state index < -0.39 is 47.2 Å². The van der Waals surface area contributed by atoms with Gasteiger partial charge in [-0.1, -0.05) is 11.6 Å². The van der Waals surface area contributed by atoms with E-state index in [1.165, 1.54) is 48.5 Å². The third-order valence-electron chi connectivity index (χ3n) is 6.85. The molecule has 3 N–H and O–H groups in total. The number of esters is 1. The molecular weight excluding hydrogens is 629 g/mol. The molecule has 3 aromatic rings. The van der Waals surface area contributed by atoms with Crippen LogP contribution in [0.25, 0.3) is 11.2 Å². The predicted octanol–water partition coefficient (Wildman–Crippen LogP) is 1.92. The van der Waals surface area contributed by atoms with Gasteiger partial charge in [-0.3, -0.25) is 18.9 Å². The summed E-state index contributed by atoms with van der Waals surface area (Å²) in [6.45, 7) is 1.27. The van der Waals surface area contributed by atoms with E-state index in [9.17, 15) is 22.9 Å². The van der Waals surface area contributed by atoms with Gasteiger partial charge in [0.2, 0.25) is 10.0 Å². The SMILES string of the molecule is COC(=O)C1(NP(=O)(OCC2C[C@@](C)(O)C(n3cnc4c(N(C)NS(C)(=O)=O)ncnc43)O2)Oc2ccc(Cl)cc2)CC1. The molecule has 0 spiro atoms. The molecule has 1 saturated heterocycles. The molecule has 3 unspecified atom stereocenters. The average Bonchev–Trinajstić information content (AvgIpc) is 3.46. The Bertz CT molecular complexity index is 1670. The van der Waals surface area contributed by atoms with Crippen LogP contribution in [0.1, 0.15) is 32.4 Å². The second kappa shape index (κ2) is 11.6. The number of hydrogen-bond acceptors (Lipinski definition) is 13. The van der Waals surface area contributed by atoms with Crippen LogP contribution < -0.4 is 19.5 Å². The van der Waals surface area contributed by atoms with Crippen molar-refractivity contribution in [3.8, 4) is 5.75 Å². The summed E-state index contributed by atoms with van der Waals surface area (Å²) in [6.07, 6.45) is 2.66. The van der Waals surface area contributed by atoms with Crippen LogP contribution in [-0.2, 0) is 33.4 Å². The Morgan fingerprint density at radius 3 is 2.60 bits per heavy atom. The van der Waals surface area contributed by atoms with E-state index in [1.54, 1.807) is 19.1 Å². The third kappa shape index (κ3) is 6.94. The van der Waals surface area contributed by atoms with Crippen molar-refractivity contribution in [1.29, 1.82) is 0 Å². The quantitative estimate of drug-likeness (QED) is 0.145. The van der Waals surface area contributed by atoms with Crippen LogP contribution in [0, 0.1) is 0 Å². The number of imidazole rings is 1. The summed E-state index contributed by atoms with van der Waals surface area (Å²) in [5.74, 6) is -0.228. The molecule has 1 aliphatic heterocycles. The number of hydrazine groups is 1. The van der Waals surface area contributed by atoms with Crippen molar-refractivity contribution in [2.24, 2.45) is 0 Å². The van der Waals surface area contributed by atoms with E-state index in [-0.39, 0.29) is 35.8 Å². The second-order valence-corrected chi connectivity index (χ2v) is 14.5. The number of aromatic nitrogens is 4. The maximum Gasteiger partial charge on any atom is 0.459 e. The molecule has 1 aromatic carbocycles. The van der Waals surface area contributed by atoms with Gasteiger partial charge in [0.15, 0.2) is 23.2 Å². The number of sulfonamides is 1. The highest BCUT2D eigenvalue weighted by atomic mass is 35.5. The van der Waals surface area contributed by atoms with Gasteiger partial charge in [-0.05, 0) is 44.0 Å². The normalized spacial score (nSPS) is 24.4. The number of carbonyl (C=O) groups is 1. The summed E-state index contributed by atoms with van der Waals surface area (Å²) in [6, 6.07) is 6.12. The highest BCUT2D eigenvalue weighted by Gasteiger charge is 2.56. The fourth-order valence-electron chi connectivity index (χ4n) is 4.79. The maximum absolute atomic E-state index is 13.9. The van der Waals surface area contributed by atoms with Crippen LogP contribution in [0.2, 0.25) is 5.02 Å². The van der Waals surface area contributed by atoms with Crippen LogP contribution >= 0.6 is 19.3 Å². The summed E-state index contributed by atoms with van der Waals surface area (Å²) in [4.78, 5) is 27.4. The monoisotopic (exact) mass is 659 g/mol. The maximum atomic E-state index is 13.9. The predicted molar refractivity (Wildman–Crippen MR) is 154 cm³/mol. The zero-order valence-corrected chi connectivity index (χ0v) is 26.1. The van der Waals surface area contributed by atoms with Gasteiger partial charge in [-0.2, -0.15) is 5.09 Å². The molecule has 234 valence electrons. The number of anilines is 1. The lowest BCUT2D eigenvalue weighted by atomic mass is 10.0. The van der Waals surface area contributed by atoms with E-state index in [4.69, 9.17) is 30.1 Å². The molecule has 2 fully saturated rings. The molecule has 3 heterocycles. The Kier molecular flexibility index (Phi) is 8.47. The minimum Gasteiger partial charge on any atom is -0.468 e. The Labute approximate surface area is 252 Å². The van der Waals surface area contributed by atoms with Crippen molar-refractivity contribution >= 4 is 52.3 Å². The summed E-state index contributed by atoms with van der Waals surface area (Å²) in [5.41, 5.74) is -2.15. The van der Waals surface area contributed by atoms with E-state index in [2.05, 4.69) is 24.9 Å². The number of carbonyl (C=O) groups excluding carboxylic acids is 1. The smallest absolute Gasteiger partial charge is 0.459 e. The molecule has 1 saturated carbocycles. The fraction of sp³-hybridized carbons (Fsp3) is 0.500. The summed E-state index contributed by atoms with van der Waals surface area (Å²) in [5, 5.41) is 15.7. The van der Waals surface area contributed by atoms with Crippen molar-refractivity contribution in [2.75, 3.05) is 32.0 Å². The second-order valence-electron chi connectivity index (χ2n) is 10.6. The molecule has 43 heavy (non-hydrogen) atoms. The molecule has 0 radical (unpaired) electrons. The summed E-state index contributed by atoms with van der Waals surface area (Å²) < 4.78 is 61.4. The lowest BCUT2D eigenvalue weighted by Crippen LogP contribution is -2.40. The Balaban J connectivity index is 1.35. The number of rotatable bonds is 12. The van der Waals surface area contributed by atoms with Crippen LogP contribution in [0.3, 0.4) is 0 Å². The highest BCUT2D eigenvalue weighted by molar-refractivity contribution is 7.88. The molecule has 0 amide bonds. The van der Waals surface area contributed by atoms with Gasteiger partial charge in [0.25, 0.3) is 0 Å². The lowest BCUT2D eigenvalue weighted by Gasteiger charge is -2.25. The molecule has 5 rings (SSSR count). The number of ether oxygens (including phenoxy) is 2. The van der Waals surface area contributed by atoms with Gasteiger partial charge in [0.1, 0.15) is 23.2 Å². The minimum atomic E-state index is -4.19. The average molecular weight is 660 g/mol. The molecule has 2 aliphatic rings. The number of benzene rings is 1. The summed E-state index contributed by atoms with van der Waals surface area (Å²) >= 11 is 5.96. The van der Waals surface area contributed by atoms with Gasteiger partial charge in [0.05, 0.1) is 32.4 Å². The zero-order valence-electron chi connectivity index (χ0n) is 23.6. The molecule has 4 atom stereocenters. The standard InChI is InChI=1S/C24H31ClN7O9PS/c1-23(34)11-17(40-21(23)32-14-28-18-19(26-13-27-20(18)32)31(2)30-43(4,36)37)12-39-42(35,29-24(9-10-24)22(33)38-3)41-16-7-5-15(25)6-8-16/h5-8,13-14,17,21,30,34H,9-12H2,1-4H3,(H,29,35)/t17?,21?,23-,42?/m1/s1. The van der Waals surface area contributed by atoms with Crippen molar-refractivity contribution in [2.45, 2.75) is 49.7 Å². The van der Waals surface area contributed by atoms with Gasteiger partial charge in [0, 0.05) is 18.5 Å². The Hall–Kier alpha value is -2.89. The van der Waals surface area contributed by atoms with Crippen LogP contribution in [0.4, 0.5) is 5.82 Å². The van der Waals surface area contributed by atoms with E-state index in [0.717, 1.165) is 6.26 Å². The van der Waals surface area contributed by atoms with Crippen molar-refractivity contribution in [3.05, 3.63) is 41.9 Å². The number of hydrogen-bond donors (Lipinski definition) is 3. The largest absolute Gasteiger partial charge is 0.468 e. The van der Waals surface area contributed by atoms with Crippen LogP contribution in [-0.4, -0.2) is 83.3 Å². The molecule has 0 bridgehead atoms. The first-order valence-corrected chi connectivity index (χ1v) is 16.8. The molecular formula is C24H31ClN7O9PS. The Morgan fingerprint density at radius 1 is 1.28 bits per heavy atom. The zero-order chi connectivity index (χ0) is 31.2. The number of halogens is 1. The molecule has 19 heteroatoms. The third-order valence-corrected chi connectivity index (χ3v) is 9.35. The lowest BCUT2D eigenvalue weighted by molar-refractivity contribution is -0.144. The number of aliphatic hydroxyl groups is 1. The number of fused-ring (bicyclic) bond motifs is 1. The molecule has 16 nitrogen and oxygen atoms in total. The van der Waals surface area contributed by atoms with Crippen molar-refractivity contribution in [3.63, 3.8) is 0 Å². The molecule has 1 aliphatic carbocycles. The van der Waals surface area contributed by atoms with E-state index in [1.807, 2.05) is 0 Å². The van der Waals surface area contributed by atoms with Gasteiger partial charge < -0.3 is 19.1 Å². The topological polar surface area (TPSA) is 196 Å². The first kappa shape index (κ1) is 31.5. The number of methoxy groups -OCH3 is 1. The van der Waals surface area contributed by atoms with Crippen LogP contribution in [0.5, 0.6) is 5.75 Å². The van der Waals surface area contributed by atoms with Crippen molar-refractivity contribution in [1.82, 2.24) is 29.4 Å². The van der Waals surface area contributed by atoms with Gasteiger partial charge >= 0.3 is 13.7 Å². The minimum absolute atomic E-state index is 0.0634. The first-order valence-electron chi connectivity index (χ1n) is 13.0. The molecule has 2 aromatic heterocycles. The number of nitrogens with one attached hydrogen (secondary N) is 2. The fourth-order valence-corrected chi connectivity index (χ4v) is 7.27. The van der Waals surface area contributed by atoms with E-state index >= 15 is 0 Å². The van der Waals surface area contributed by atoms with Gasteiger partial charge in [-0.15, -0.1) is 4.83 Å². The van der Waals surface area contributed by atoms with Gasteiger partial charge in [-0.25, -0.2) is 27.9 Å². The first-order chi connectivity index (χ1) is 20.1. The van der Waals surface area contributed by atoms with Crippen molar-refractivity contribution < 1.29 is 41.4 Å². The Morgan fingerprint density at radius 2 is 1.98 bits per heavy atom. The number of nitrogens with zero attached hydrogens (tertiary/aromatic N) is 5. The summed E-state index contributed by atoms with van der Waals surface area (Å²) in [7, 11) is -5.09. The highest BCUT2D eigenvalue weighted by Crippen LogP contribution is 2.53. The van der Waals surface area contributed by atoms with E-state index in [0.29, 0.717) is 17.9 Å².